The first-order valence-corrected chi connectivity index (χ1v) is 5.66. The second kappa shape index (κ2) is 3.57. The van der Waals surface area contributed by atoms with Gasteiger partial charge in [-0.15, -0.1) is 0 Å². The summed E-state index contributed by atoms with van der Waals surface area (Å²) in [7, 11) is 3.66. The molecule has 0 radical (unpaired) electrons. The van der Waals surface area contributed by atoms with E-state index in [2.05, 4.69) is 0 Å². The summed E-state index contributed by atoms with van der Waals surface area (Å²) in [6.45, 7) is 0. The van der Waals surface area contributed by atoms with Crippen LogP contribution in [0.25, 0.3) is 0 Å². The minimum atomic E-state index is -0.0867. The number of hydrogen-bond acceptors (Lipinski definition) is 2. The molecule has 88 valence electrons. The van der Waals surface area contributed by atoms with E-state index in [9.17, 15) is 9.59 Å². The van der Waals surface area contributed by atoms with Gasteiger partial charge in [0.05, 0.1) is 11.1 Å². The molecule has 0 N–H and O–H groups in total. The fourth-order valence-corrected chi connectivity index (χ4v) is 2.24. The third kappa shape index (κ3) is 1.39. The van der Waals surface area contributed by atoms with Gasteiger partial charge in [-0.1, -0.05) is 0 Å². The van der Waals surface area contributed by atoms with E-state index >= 15 is 0 Å². The summed E-state index contributed by atoms with van der Waals surface area (Å²) < 4.78 is 3.55. The third-order valence-corrected chi connectivity index (χ3v) is 3.18. The third-order valence-electron chi connectivity index (χ3n) is 3.18. The maximum absolute atomic E-state index is 12.3. The molecule has 0 amide bonds. The molecule has 4 nitrogen and oxygen atoms in total. The van der Waals surface area contributed by atoms with Gasteiger partial charge in [-0.25, -0.2) is 9.13 Å². The fraction of sp³-hybridized carbons (Fsp3) is 0.143. The molecular weight excluding hydrogens is 228 g/mol. The summed E-state index contributed by atoms with van der Waals surface area (Å²) in [5.41, 5.74) is 1.92. The van der Waals surface area contributed by atoms with Crippen molar-refractivity contribution in [1.29, 1.82) is 0 Å². The molecule has 0 aromatic carbocycles. The Morgan fingerprint density at radius 3 is 1.50 bits per heavy atom. The average Bonchev–Trinajstić information content (AvgIpc) is 2.36. The number of fused-ring (bicyclic) bond motifs is 2. The molecule has 0 unspecified atom stereocenters. The van der Waals surface area contributed by atoms with Crippen molar-refractivity contribution in [3.8, 4) is 0 Å². The van der Waals surface area contributed by atoms with Crippen molar-refractivity contribution in [3.05, 3.63) is 59.2 Å². The van der Waals surface area contributed by atoms with Gasteiger partial charge in [0, 0.05) is 23.3 Å². The molecule has 0 saturated carbocycles. The molecule has 0 spiro atoms. The standard InChI is InChI=1S/C14H12N2O2/c1-15-5-3-9-11(7-15)13(17)10-4-6-16(2)8-12(10)14(9)18/h3-8H,1-2H3/q+2. The van der Waals surface area contributed by atoms with Gasteiger partial charge in [-0.2, -0.15) is 0 Å². The molecule has 0 fully saturated rings. The number of hydrogen-bond donors (Lipinski definition) is 0. The van der Waals surface area contributed by atoms with Gasteiger partial charge < -0.3 is 0 Å². The van der Waals surface area contributed by atoms with E-state index < -0.39 is 0 Å². The number of carbonyl (C=O) groups excluding carboxylic acids is 2. The van der Waals surface area contributed by atoms with Crippen LogP contribution >= 0.6 is 0 Å². The fourth-order valence-electron chi connectivity index (χ4n) is 2.24. The zero-order chi connectivity index (χ0) is 12.9. The number of ketones is 2. The van der Waals surface area contributed by atoms with Crippen LogP contribution in [0.5, 0.6) is 0 Å². The molecule has 2 aromatic heterocycles. The van der Waals surface area contributed by atoms with Gasteiger partial charge in [0.15, 0.2) is 24.8 Å². The van der Waals surface area contributed by atoms with E-state index in [0.717, 1.165) is 0 Å². The van der Waals surface area contributed by atoms with E-state index in [1.54, 1.807) is 46.1 Å². The van der Waals surface area contributed by atoms with E-state index in [1.165, 1.54) is 0 Å². The molecule has 4 heteroatoms. The van der Waals surface area contributed by atoms with Crippen LogP contribution < -0.4 is 9.13 Å². The summed E-state index contributed by atoms with van der Waals surface area (Å²) in [6, 6.07) is 3.40. The van der Waals surface area contributed by atoms with Crippen LogP contribution in [0.4, 0.5) is 0 Å². The lowest BCUT2D eigenvalue weighted by Gasteiger charge is -2.13. The highest BCUT2D eigenvalue weighted by Crippen LogP contribution is 2.24. The number of carbonyl (C=O) groups is 2. The first kappa shape index (κ1) is 10.8. The molecular formula is C14H12N2O2+2. The topological polar surface area (TPSA) is 41.9 Å². The number of pyridine rings is 2. The van der Waals surface area contributed by atoms with Crippen molar-refractivity contribution < 1.29 is 18.7 Å². The van der Waals surface area contributed by atoms with Gasteiger partial charge in [0.25, 0.3) is 0 Å². The zero-order valence-electron chi connectivity index (χ0n) is 10.2. The molecule has 2 heterocycles. The molecule has 0 atom stereocenters. The lowest BCUT2D eigenvalue weighted by molar-refractivity contribution is -0.672. The Morgan fingerprint density at radius 2 is 1.11 bits per heavy atom. The highest BCUT2D eigenvalue weighted by atomic mass is 16.1. The minimum Gasteiger partial charge on any atom is -0.288 e. The number of nitrogens with zero attached hydrogens (tertiary/aromatic N) is 2. The summed E-state index contributed by atoms with van der Waals surface area (Å²) in [5, 5.41) is 0. The molecule has 1 aliphatic carbocycles. The lowest BCUT2D eigenvalue weighted by atomic mass is 9.86. The summed E-state index contributed by atoms with van der Waals surface area (Å²) in [5.74, 6) is -0.173. The predicted octanol–water partition coefficient (Wildman–Crippen LogP) is 0.111. The second-order valence-electron chi connectivity index (χ2n) is 4.53. The molecule has 18 heavy (non-hydrogen) atoms. The Kier molecular flexibility index (Phi) is 2.13. The van der Waals surface area contributed by atoms with E-state index in [-0.39, 0.29) is 11.6 Å². The molecule has 2 aromatic rings. The summed E-state index contributed by atoms with van der Waals surface area (Å²) >= 11 is 0. The number of aryl methyl sites for hydroxylation is 2. The van der Waals surface area contributed by atoms with Crippen LogP contribution in [0.2, 0.25) is 0 Å². The predicted molar refractivity (Wildman–Crippen MR) is 62.1 cm³/mol. The highest BCUT2D eigenvalue weighted by Gasteiger charge is 2.33. The van der Waals surface area contributed by atoms with Gasteiger partial charge in [0.2, 0.25) is 11.6 Å². The normalized spacial score (nSPS) is 13.2. The highest BCUT2D eigenvalue weighted by molar-refractivity contribution is 6.27. The monoisotopic (exact) mass is 240 g/mol. The van der Waals surface area contributed by atoms with Crippen molar-refractivity contribution in [1.82, 2.24) is 0 Å². The maximum Gasteiger partial charge on any atom is 0.200 e. The van der Waals surface area contributed by atoms with Gasteiger partial charge in [-0.3, -0.25) is 9.59 Å². The Morgan fingerprint density at radius 1 is 0.722 bits per heavy atom. The van der Waals surface area contributed by atoms with E-state index in [1.807, 2.05) is 14.1 Å². The first-order chi connectivity index (χ1) is 8.58. The lowest BCUT2D eigenvalue weighted by Crippen LogP contribution is -2.35. The Balaban J connectivity index is 2.31. The summed E-state index contributed by atoms with van der Waals surface area (Å²) in [6.07, 6.45) is 6.95. The van der Waals surface area contributed by atoms with Crippen molar-refractivity contribution in [3.63, 3.8) is 0 Å². The molecule has 0 saturated heterocycles. The largest absolute Gasteiger partial charge is 0.288 e. The number of aromatic nitrogens is 2. The van der Waals surface area contributed by atoms with E-state index in [4.69, 9.17) is 0 Å². The van der Waals surface area contributed by atoms with Gasteiger partial charge >= 0.3 is 0 Å². The Labute approximate surface area is 104 Å². The van der Waals surface area contributed by atoms with Crippen LogP contribution in [0.1, 0.15) is 31.8 Å². The molecule has 3 rings (SSSR count). The van der Waals surface area contributed by atoms with Crippen LogP contribution in [0.15, 0.2) is 36.9 Å². The zero-order valence-corrected chi connectivity index (χ0v) is 10.2. The number of rotatable bonds is 0. The molecule has 1 aliphatic rings. The van der Waals surface area contributed by atoms with Gasteiger partial charge in [-0.05, 0) is 0 Å². The van der Waals surface area contributed by atoms with Crippen LogP contribution in [0.3, 0.4) is 0 Å². The quantitative estimate of drug-likeness (QED) is 0.523. The van der Waals surface area contributed by atoms with Crippen LogP contribution in [0, 0.1) is 0 Å². The second-order valence-corrected chi connectivity index (χ2v) is 4.53. The van der Waals surface area contributed by atoms with Crippen molar-refractivity contribution >= 4 is 11.6 Å². The Bertz CT molecular complexity index is 643. The van der Waals surface area contributed by atoms with Crippen molar-refractivity contribution in [2.24, 2.45) is 14.1 Å². The Hall–Kier alpha value is -2.36. The first-order valence-electron chi connectivity index (χ1n) is 5.66. The van der Waals surface area contributed by atoms with Crippen LogP contribution in [-0.2, 0) is 14.1 Å². The van der Waals surface area contributed by atoms with Crippen molar-refractivity contribution in [2.75, 3.05) is 0 Å². The smallest absolute Gasteiger partial charge is 0.200 e. The van der Waals surface area contributed by atoms with E-state index in [0.29, 0.717) is 22.3 Å². The van der Waals surface area contributed by atoms with Crippen molar-refractivity contribution in [2.45, 2.75) is 0 Å². The summed E-state index contributed by atoms with van der Waals surface area (Å²) in [4.78, 5) is 24.7. The minimum absolute atomic E-state index is 0.0867. The SMILES string of the molecule is C[n+]1ccc2c(c1)C(=O)c1cc[n+](C)cc1C2=O. The molecule has 0 bridgehead atoms. The van der Waals surface area contributed by atoms with Gasteiger partial charge in [0.1, 0.15) is 14.1 Å². The van der Waals surface area contributed by atoms with Crippen LogP contribution in [-0.4, -0.2) is 11.6 Å². The maximum atomic E-state index is 12.3. The molecule has 0 aliphatic heterocycles. The average molecular weight is 240 g/mol.